The number of nitrogens with zero attached hydrogens (tertiary/aromatic N) is 2. The Morgan fingerprint density at radius 1 is 1.62 bits per heavy atom. The lowest BCUT2D eigenvalue weighted by atomic mass is 10.4. The van der Waals surface area contributed by atoms with Crippen molar-refractivity contribution in [1.29, 1.82) is 0 Å². The van der Waals surface area contributed by atoms with Crippen LogP contribution in [-0.4, -0.2) is 15.3 Å². The van der Waals surface area contributed by atoms with Gasteiger partial charge in [0, 0.05) is 13.0 Å². The minimum Gasteiger partial charge on any atom is -0.381 e. The third kappa shape index (κ3) is 1.55. The fourth-order valence-corrected chi connectivity index (χ4v) is 2.29. The predicted octanol–water partition coefficient (Wildman–Crippen LogP) is 1.99. The molecule has 2 rings (SSSR count). The molecule has 13 heavy (non-hydrogen) atoms. The molecule has 0 aromatic carbocycles. The van der Waals surface area contributed by atoms with E-state index >= 15 is 0 Å². The molecule has 0 spiro atoms. The van der Waals surface area contributed by atoms with Gasteiger partial charge in [0.05, 0.1) is 0 Å². The lowest BCUT2D eigenvalue weighted by Gasteiger charge is -2.02. The second-order valence-corrected chi connectivity index (χ2v) is 4.68. The van der Waals surface area contributed by atoms with E-state index in [1.807, 2.05) is 0 Å². The number of aromatic nitrogens is 2. The molecule has 1 aliphatic rings. The average molecular weight is 197 g/mol. The van der Waals surface area contributed by atoms with E-state index in [-0.39, 0.29) is 0 Å². The Morgan fingerprint density at radius 3 is 2.85 bits per heavy atom. The number of thioether (sulfide) groups is 1. The first-order valence-corrected chi connectivity index (χ1v) is 5.67. The first-order chi connectivity index (χ1) is 6.24. The summed E-state index contributed by atoms with van der Waals surface area (Å²) in [7, 11) is 2.06. The highest BCUT2D eigenvalue weighted by molar-refractivity contribution is 7.99. The van der Waals surface area contributed by atoms with Crippen LogP contribution in [0.2, 0.25) is 0 Å². The number of nitrogen functional groups attached to an aromatic ring is 1. The zero-order valence-corrected chi connectivity index (χ0v) is 8.90. The summed E-state index contributed by atoms with van der Waals surface area (Å²) in [6, 6.07) is 0. The maximum atomic E-state index is 5.84. The quantitative estimate of drug-likeness (QED) is 0.754. The van der Waals surface area contributed by atoms with E-state index in [0.29, 0.717) is 11.7 Å². The van der Waals surface area contributed by atoms with Crippen molar-refractivity contribution in [3.63, 3.8) is 0 Å². The molecule has 1 aliphatic carbocycles. The zero-order valence-electron chi connectivity index (χ0n) is 8.08. The Kier molecular flexibility index (Phi) is 2.24. The lowest BCUT2D eigenvalue weighted by molar-refractivity contribution is 0.746. The molecule has 4 heteroatoms. The van der Waals surface area contributed by atoms with Gasteiger partial charge in [0.15, 0.2) is 5.82 Å². The molecule has 0 amide bonds. The standard InChI is InChI=1S/C9H15N3S/c1-3-13-9-7(10)11-8(12(9)2)6-4-5-6/h6H,3-5,10H2,1-2H3. The molecule has 0 aliphatic heterocycles. The highest BCUT2D eigenvalue weighted by atomic mass is 32.2. The molecule has 3 nitrogen and oxygen atoms in total. The molecule has 0 radical (unpaired) electrons. The SMILES string of the molecule is CCSc1c(N)nc(C2CC2)n1C. The van der Waals surface area contributed by atoms with E-state index in [4.69, 9.17) is 5.73 Å². The summed E-state index contributed by atoms with van der Waals surface area (Å²) in [4.78, 5) is 4.41. The molecular weight excluding hydrogens is 182 g/mol. The van der Waals surface area contributed by atoms with Gasteiger partial charge >= 0.3 is 0 Å². The van der Waals surface area contributed by atoms with Gasteiger partial charge in [-0.2, -0.15) is 0 Å². The van der Waals surface area contributed by atoms with Gasteiger partial charge in [0.2, 0.25) is 0 Å². The Labute approximate surface area is 82.7 Å². The minimum absolute atomic E-state index is 0.679. The van der Waals surface area contributed by atoms with Crippen LogP contribution in [0.15, 0.2) is 5.03 Å². The summed E-state index contributed by atoms with van der Waals surface area (Å²) in [5.74, 6) is 3.61. The smallest absolute Gasteiger partial charge is 0.156 e. The molecule has 1 heterocycles. The van der Waals surface area contributed by atoms with Crippen LogP contribution < -0.4 is 5.73 Å². The fourth-order valence-electron chi connectivity index (χ4n) is 1.54. The highest BCUT2D eigenvalue weighted by Gasteiger charge is 2.29. The second-order valence-electron chi connectivity index (χ2n) is 3.43. The minimum atomic E-state index is 0.679. The Bertz CT molecular complexity index is 315. The van der Waals surface area contributed by atoms with Crippen molar-refractivity contribution < 1.29 is 0 Å². The lowest BCUT2D eigenvalue weighted by Crippen LogP contribution is -1.97. The van der Waals surface area contributed by atoms with E-state index in [9.17, 15) is 0 Å². The monoisotopic (exact) mass is 197 g/mol. The van der Waals surface area contributed by atoms with Gasteiger partial charge in [-0.15, -0.1) is 11.8 Å². The first kappa shape index (κ1) is 8.94. The van der Waals surface area contributed by atoms with E-state index in [1.165, 1.54) is 18.7 Å². The number of hydrogen-bond acceptors (Lipinski definition) is 3. The van der Waals surface area contributed by atoms with E-state index in [1.54, 1.807) is 11.8 Å². The van der Waals surface area contributed by atoms with Crippen LogP contribution in [0, 0.1) is 0 Å². The summed E-state index contributed by atoms with van der Waals surface area (Å²) < 4.78 is 2.15. The maximum Gasteiger partial charge on any atom is 0.156 e. The predicted molar refractivity (Wildman–Crippen MR) is 56.0 cm³/mol. The molecule has 2 N–H and O–H groups in total. The Hall–Kier alpha value is -0.640. The number of anilines is 1. The zero-order chi connectivity index (χ0) is 9.42. The second kappa shape index (κ2) is 3.25. The van der Waals surface area contributed by atoms with Crippen LogP contribution in [0.5, 0.6) is 0 Å². The van der Waals surface area contributed by atoms with Crippen molar-refractivity contribution in [2.24, 2.45) is 7.05 Å². The first-order valence-electron chi connectivity index (χ1n) is 4.69. The van der Waals surface area contributed by atoms with Crippen molar-refractivity contribution in [1.82, 2.24) is 9.55 Å². The van der Waals surface area contributed by atoms with Gasteiger partial charge in [-0.25, -0.2) is 4.98 Å². The van der Waals surface area contributed by atoms with Crippen molar-refractivity contribution in [3.8, 4) is 0 Å². The van der Waals surface area contributed by atoms with Crippen LogP contribution in [0.25, 0.3) is 0 Å². The summed E-state index contributed by atoms with van der Waals surface area (Å²) in [5, 5.41) is 1.13. The third-order valence-electron chi connectivity index (χ3n) is 2.33. The van der Waals surface area contributed by atoms with Crippen molar-refractivity contribution in [2.75, 3.05) is 11.5 Å². The largest absolute Gasteiger partial charge is 0.381 e. The summed E-state index contributed by atoms with van der Waals surface area (Å²) >= 11 is 1.77. The van der Waals surface area contributed by atoms with Crippen LogP contribution in [-0.2, 0) is 7.05 Å². The molecule has 1 fully saturated rings. The molecule has 1 aromatic rings. The molecule has 1 saturated carbocycles. The number of hydrogen-bond donors (Lipinski definition) is 1. The normalized spacial score (nSPS) is 16.5. The van der Waals surface area contributed by atoms with Crippen molar-refractivity contribution >= 4 is 17.6 Å². The van der Waals surface area contributed by atoms with Gasteiger partial charge < -0.3 is 10.3 Å². The summed E-state index contributed by atoms with van der Waals surface area (Å²) in [6.45, 7) is 2.13. The molecule has 0 bridgehead atoms. The maximum absolute atomic E-state index is 5.84. The van der Waals surface area contributed by atoms with Crippen LogP contribution >= 0.6 is 11.8 Å². The number of imidazole rings is 1. The van der Waals surface area contributed by atoms with Gasteiger partial charge in [-0.3, -0.25) is 0 Å². The van der Waals surface area contributed by atoms with Gasteiger partial charge in [0.25, 0.3) is 0 Å². The molecule has 0 atom stereocenters. The molecule has 1 aromatic heterocycles. The van der Waals surface area contributed by atoms with Crippen LogP contribution in [0.4, 0.5) is 5.82 Å². The fraction of sp³-hybridized carbons (Fsp3) is 0.667. The topological polar surface area (TPSA) is 43.8 Å². The number of rotatable bonds is 3. The van der Waals surface area contributed by atoms with E-state index < -0.39 is 0 Å². The molecule has 72 valence electrons. The number of nitrogens with two attached hydrogens (primary N) is 1. The van der Waals surface area contributed by atoms with Crippen molar-refractivity contribution in [3.05, 3.63) is 5.82 Å². The Morgan fingerprint density at radius 2 is 2.31 bits per heavy atom. The molecular formula is C9H15N3S. The summed E-state index contributed by atoms with van der Waals surface area (Å²) in [5.41, 5.74) is 5.84. The highest BCUT2D eigenvalue weighted by Crippen LogP contribution is 2.41. The third-order valence-corrected chi connectivity index (χ3v) is 3.37. The van der Waals surface area contributed by atoms with Gasteiger partial charge in [-0.1, -0.05) is 6.92 Å². The van der Waals surface area contributed by atoms with Gasteiger partial charge in [0.1, 0.15) is 10.9 Å². The Balaban J connectivity index is 2.32. The average Bonchev–Trinajstić information content (AvgIpc) is 2.88. The molecule has 0 unspecified atom stereocenters. The molecule has 0 saturated heterocycles. The summed E-state index contributed by atoms with van der Waals surface area (Å²) in [6.07, 6.45) is 2.56. The van der Waals surface area contributed by atoms with Crippen LogP contribution in [0.1, 0.15) is 31.5 Å². The van der Waals surface area contributed by atoms with E-state index in [2.05, 4.69) is 23.5 Å². The van der Waals surface area contributed by atoms with Crippen LogP contribution in [0.3, 0.4) is 0 Å². The van der Waals surface area contributed by atoms with Crippen molar-refractivity contribution in [2.45, 2.75) is 30.7 Å². The van der Waals surface area contributed by atoms with E-state index in [0.717, 1.165) is 10.8 Å². The van der Waals surface area contributed by atoms with Gasteiger partial charge in [-0.05, 0) is 18.6 Å².